The molecule has 1 aromatic heterocycles. The van der Waals surface area contributed by atoms with Gasteiger partial charge in [0.1, 0.15) is 0 Å². The van der Waals surface area contributed by atoms with Gasteiger partial charge >= 0.3 is 5.97 Å². The van der Waals surface area contributed by atoms with Crippen molar-refractivity contribution in [3.63, 3.8) is 0 Å². The van der Waals surface area contributed by atoms with Crippen LogP contribution in [0.1, 0.15) is 18.4 Å². The van der Waals surface area contributed by atoms with Crippen molar-refractivity contribution in [2.45, 2.75) is 13.5 Å². The van der Waals surface area contributed by atoms with Gasteiger partial charge in [-0.15, -0.1) is 0 Å². The average molecular weight is 380 g/mol. The summed E-state index contributed by atoms with van der Waals surface area (Å²) in [7, 11) is 1.54. The first-order chi connectivity index (χ1) is 13.7. The Labute approximate surface area is 162 Å². The van der Waals surface area contributed by atoms with Crippen LogP contribution < -0.4 is 9.47 Å². The number of aromatic nitrogens is 2. The molecular formula is C21H20N2O5. The summed E-state index contributed by atoms with van der Waals surface area (Å²) in [5, 5.41) is 3.87. The predicted molar refractivity (Wildman–Crippen MR) is 103 cm³/mol. The highest BCUT2D eigenvalue weighted by Crippen LogP contribution is 2.28. The highest BCUT2D eigenvalue weighted by Gasteiger charge is 2.13. The summed E-state index contributed by atoms with van der Waals surface area (Å²) in [5.74, 6) is 1.08. The maximum atomic E-state index is 11.9. The van der Waals surface area contributed by atoms with Crippen molar-refractivity contribution in [3.8, 4) is 22.9 Å². The zero-order chi connectivity index (χ0) is 19.8. The molecule has 0 bridgehead atoms. The third-order valence-electron chi connectivity index (χ3n) is 3.75. The summed E-state index contributed by atoms with van der Waals surface area (Å²) >= 11 is 0. The van der Waals surface area contributed by atoms with Crippen LogP contribution in [-0.4, -0.2) is 29.8 Å². The molecule has 2 aromatic carbocycles. The van der Waals surface area contributed by atoms with Crippen LogP contribution >= 0.6 is 0 Å². The van der Waals surface area contributed by atoms with Gasteiger partial charge in [-0.05, 0) is 24.6 Å². The lowest BCUT2D eigenvalue weighted by atomic mass is 10.2. The summed E-state index contributed by atoms with van der Waals surface area (Å²) in [6.07, 6.45) is 3.86. The normalized spacial score (nSPS) is 10.8. The van der Waals surface area contributed by atoms with Crippen molar-refractivity contribution >= 4 is 12.0 Å². The van der Waals surface area contributed by atoms with E-state index >= 15 is 0 Å². The number of allylic oxidation sites excluding steroid dienone is 1. The van der Waals surface area contributed by atoms with Crippen LogP contribution in [0.25, 0.3) is 17.5 Å². The van der Waals surface area contributed by atoms with Crippen LogP contribution in [0, 0.1) is 0 Å². The summed E-state index contributed by atoms with van der Waals surface area (Å²) < 4.78 is 21.0. The van der Waals surface area contributed by atoms with Crippen molar-refractivity contribution < 1.29 is 23.5 Å². The zero-order valence-electron chi connectivity index (χ0n) is 15.6. The molecule has 0 amide bonds. The number of rotatable bonds is 8. The smallest absolute Gasteiger partial charge is 0.344 e. The number of esters is 1. The van der Waals surface area contributed by atoms with Gasteiger partial charge in [-0.3, -0.25) is 0 Å². The van der Waals surface area contributed by atoms with Crippen LogP contribution in [0.4, 0.5) is 0 Å². The van der Waals surface area contributed by atoms with Gasteiger partial charge in [-0.25, -0.2) is 4.79 Å². The summed E-state index contributed by atoms with van der Waals surface area (Å²) in [6, 6.07) is 14.8. The topological polar surface area (TPSA) is 83.7 Å². The number of nitrogens with zero attached hydrogens (tertiary/aromatic N) is 2. The van der Waals surface area contributed by atoms with Crippen LogP contribution in [0.3, 0.4) is 0 Å². The maximum Gasteiger partial charge on any atom is 0.344 e. The van der Waals surface area contributed by atoms with Crippen LogP contribution in [0.2, 0.25) is 0 Å². The minimum Gasteiger partial charge on any atom is -0.493 e. The van der Waals surface area contributed by atoms with E-state index in [1.165, 1.54) is 0 Å². The number of hydrogen-bond acceptors (Lipinski definition) is 7. The van der Waals surface area contributed by atoms with Gasteiger partial charge in [0.25, 0.3) is 5.89 Å². The molecule has 7 heteroatoms. The van der Waals surface area contributed by atoms with Gasteiger partial charge in [0.2, 0.25) is 5.82 Å². The molecule has 0 aliphatic carbocycles. The standard InChI is InChI=1S/C21H20N2O5/c1-3-7-15-10-11-17(18(12-15)25-2)26-14-20(24)27-13-19-22-21(23-28-19)16-8-5-4-6-9-16/h3-12H,13-14H2,1-2H3/b7-3+. The molecule has 0 unspecified atom stereocenters. The summed E-state index contributed by atoms with van der Waals surface area (Å²) in [5.41, 5.74) is 1.79. The Kier molecular flexibility index (Phi) is 6.41. The molecular weight excluding hydrogens is 360 g/mol. The van der Waals surface area contributed by atoms with Crippen molar-refractivity contribution in [1.82, 2.24) is 10.1 Å². The van der Waals surface area contributed by atoms with Crippen LogP contribution in [0.5, 0.6) is 11.5 Å². The van der Waals surface area contributed by atoms with Gasteiger partial charge in [0.15, 0.2) is 24.7 Å². The first-order valence-corrected chi connectivity index (χ1v) is 8.66. The largest absolute Gasteiger partial charge is 0.493 e. The number of carbonyl (C=O) groups is 1. The van der Waals surface area contributed by atoms with E-state index in [0.717, 1.165) is 11.1 Å². The van der Waals surface area contributed by atoms with Crippen molar-refractivity contribution in [2.24, 2.45) is 0 Å². The molecule has 7 nitrogen and oxygen atoms in total. The second kappa shape index (κ2) is 9.36. The first-order valence-electron chi connectivity index (χ1n) is 8.66. The molecule has 0 N–H and O–H groups in total. The number of carbonyl (C=O) groups excluding carboxylic acids is 1. The van der Waals surface area contributed by atoms with Crippen molar-refractivity contribution in [2.75, 3.05) is 13.7 Å². The molecule has 0 aliphatic rings. The Balaban J connectivity index is 1.52. The Morgan fingerprint density at radius 2 is 1.96 bits per heavy atom. The Bertz CT molecular complexity index is 950. The molecule has 0 aliphatic heterocycles. The third kappa shape index (κ3) is 4.97. The quantitative estimate of drug-likeness (QED) is 0.548. The average Bonchev–Trinajstić information content (AvgIpc) is 3.21. The molecule has 28 heavy (non-hydrogen) atoms. The minimum atomic E-state index is -0.556. The van der Waals surface area contributed by atoms with E-state index in [4.69, 9.17) is 18.7 Å². The highest BCUT2D eigenvalue weighted by atomic mass is 16.6. The van der Waals surface area contributed by atoms with Gasteiger partial charge in [-0.1, -0.05) is 53.7 Å². The van der Waals surface area contributed by atoms with E-state index in [1.807, 2.05) is 61.5 Å². The molecule has 144 valence electrons. The second-order valence-corrected chi connectivity index (χ2v) is 5.74. The fraction of sp³-hybridized carbons (Fsp3) is 0.190. The number of ether oxygens (including phenoxy) is 3. The van der Waals surface area contributed by atoms with E-state index in [9.17, 15) is 4.79 Å². The monoisotopic (exact) mass is 380 g/mol. The van der Waals surface area contributed by atoms with E-state index in [0.29, 0.717) is 17.3 Å². The van der Waals surface area contributed by atoms with Gasteiger partial charge < -0.3 is 18.7 Å². The lowest BCUT2D eigenvalue weighted by Crippen LogP contribution is -2.15. The van der Waals surface area contributed by atoms with E-state index in [1.54, 1.807) is 13.2 Å². The molecule has 3 aromatic rings. The second-order valence-electron chi connectivity index (χ2n) is 5.74. The van der Waals surface area contributed by atoms with Gasteiger partial charge in [-0.2, -0.15) is 4.98 Å². The Morgan fingerprint density at radius 3 is 2.71 bits per heavy atom. The molecule has 3 rings (SSSR count). The van der Waals surface area contributed by atoms with Crippen LogP contribution in [0.15, 0.2) is 59.1 Å². The van der Waals surface area contributed by atoms with Crippen LogP contribution in [-0.2, 0) is 16.1 Å². The van der Waals surface area contributed by atoms with Crippen molar-refractivity contribution in [3.05, 3.63) is 66.1 Å². The molecule has 0 radical (unpaired) electrons. The van der Waals surface area contributed by atoms with Gasteiger partial charge in [0.05, 0.1) is 7.11 Å². The molecule has 1 heterocycles. The lowest BCUT2D eigenvalue weighted by Gasteiger charge is -2.10. The van der Waals surface area contributed by atoms with E-state index in [-0.39, 0.29) is 19.1 Å². The van der Waals surface area contributed by atoms with E-state index < -0.39 is 5.97 Å². The highest BCUT2D eigenvalue weighted by molar-refractivity contribution is 5.71. The Hall–Kier alpha value is -3.61. The molecule has 0 fully saturated rings. The summed E-state index contributed by atoms with van der Waals surface area (Å²) in [4.78, 5) is 16.1. The number of methoxy groups -OCH3 is 1. The van der Waals surface area contributed by atoms with Crippen molar-refractivity contribution in [1.29, 1.82) is 0 Å². The number of hydrogen-bond donors (Lipinski definition) is 0. The number of benzene rings is 2. The molecule has 0 atom stereocenters. The SMILES string of the molecule is C/C=C/c1ccc(OCC(=O)OCc2nc(-c3ccccc3)no2)c(OC)c1. The predicted octanol–water partition coefficient (Wildman–Crippen LogP) is 3.90. The fourth-order valence-electron chi connectivity index (χ4n) is 2.44. The van der Waals surface area contributed by atoms with E-state index in [2.05, 4.69) is 10.1 Å². The van der Waals surface area contributed by atoms with Gasteiger partial charge in [0, 0.05) is 5.56 Å². The fourth-order valence-corrected chi connectivity index (χ4v) is 2.44. The maximum absolute atomic E-state index is 11.9. The molecule has 0 saturated carbocycles. The molecule has 0 saturated heterocycles. The lowest BCUT2D eigenvalue weighted by molar-refractivity contribution is -0.148. The first kappa shape index (κ1) is 19.2. The Morgan fingerprint density at radius 1 is 1.14 bits per heavy atom. The zero-order valence-corrected chi connectivity index (χ0v) is 15.6. The molecule has 0 spiro atoms. The minimum absolute atomic E-state index is 0.126. The summed E-state index contributed by atoms with van der Waals surface area (Å²) in [6.45, 7) is 1.54. The third-order valence-corrected chi connectivity index (χ3v) is 3.75.